The summed E-state index contributed by atoms with van der Waals surface area (Å²) < 4.78 is 12.2. The van der Waals surface area contributed by atoms with E-state index in [1.165, 1.54) is 11.8 Å². The summed E-state index contributed by atoms with van der Waals surface area (Å²) in [5.74, 6) is 1.93. The van der Waals surface area contributed by atoms with Gasteiger partial charge in [-0.2, -0.15) is 9.67 Å². The molecular formula is C15H12N6O2S. The van der Waals surface area contributed by atoms with E-state index in [1.54, 1.807) is 23.1 Å². The van der Waals surface area contributed by atoms with Gasteiger partial charge in [-0.05, 0) is 47.2 Å². The molecule has 24 heavy (non-hydrogen) atoms. The highest BCUT2D eigenvalue weighted by Gasteiger charge is 2.14. The molecule has 0 aliphatic rings. The van der Waals surface area contributed by atoms with Gasteiger partial charge >= 0.3 is 0 Å². The third-order valence-electron chi connectivity index (χ3n) is 3.22. The van der Waals surface area contributed by atoms with Crippen LogP contribution < -0.4 is 0 Å². The maximum absolute atomic E-state index is 5.24. The fourth-order valence-electron chi connectivity index (χ4n) is 2.14. The molecule has 3 aromatic heterocycles. The Hall–Kier alpha value is -2.94. The van der Waals surface area contributed by atoms with Crippen LogP contribution in [0.25, 0.3) is 17.3 Å². The Morgan fingerprint density at radius 1 is 1.21 bits per heavy atom. The van der Waals surface area contributed by atoms with Crippen molar-refractivity contribution < 1.29 is 8.94 Å². The van der Waals surface area contributed by atoms with Crippen LogP contribution in [0.3, 0.4) is 0 Å². The number of hydrogen-bond acceptors (Lipinski definition) is 8. The number of aryl methyl sites for hydroxylation is 1. The predicted octanol–water partition coefficient (Wildman–Crippen LogP) is 2.91. The van der Waals surface area contributed by atoms with Gasteiger partial charge in [0, 0.05) is 0 Å². The van der Waals surface area contributed by atoms with Crippen LogP contribution in [0.15, 0.2) is 56.8 Å². The zero-order valence-corrected chi connectivity index (χ0v) is 13.5. The second-order valence-electron chi connectivity index (χ2n) is 4.99. The molecule has 0 saturated carbocycles. The van der Waals surface area contributed by atoms with Crippen molar-refractivity contribution in [3.05, 3.63) is 54.1 Å². The van der Waals surface area contributed by atoms with Gasteiger partial charge in [-0.25, -0.2) is 0 Å². The van der Waals surface area contributed by atoms with E-state index in [1.807, 2.05) is 31.2 Å². The minimum Gasteiger partial charge on any atom is -0.461 e. The van der Waals surface area contributed by atoms with Crippen molar-refractivity contribution in [3.63, 3.8) is 0 Å². The second-order valence-corrected chi connectivity index (χ2v) is 5.93. The molecule has 0 fully saturated rings. The van der Waals surface area contributed by atoms with Crippen LogP contribution in [0.5, 0.6) is 0 Å². The van der Waals surface area contributed by atoms with Crippen molar-refractivity contribution in [1.82, 2.24) is 30.3 Å². The van der Waals surface area contributed by atoms with Crippen LogP contribution in [-0.4, -0.2) is 30.3 Å². The first-order valence-corrected chi connectivity index (χ1v) is 8.13. The van der Waals surface area contributed by atoms with Gasteiger partial charge < -0.3 is 8.94 Å². The van der Waals surface area contributed by atoms with Gasteiger partial charge in [0.1, 0.15) is 0 Å². The summed E-state index contributed by atoms with van der Waals surface area (Å²) in [7, 11) is 0. The number of benzene rings is 1. The molecule has 0 spiro atoms. The topological polar surface area (TPSA) is 95.7 Å². The lowest BCUT2D eigenvalue weighted by atomic mass is 10.2. The van der Waals surface area contributed by atoms with E-state index >= 15 is 0 Å². The third-order valence-corrected chi connectivity index (χ3v) is 4.13. The first-order valence-electron chi connectivity index (χ1n) is 7.14. The Bertz CT molecular complexity index is 946. The molecule has 120 valence electrons. The van der Waals surface area contributed by atoms with E-state index in [0.29, 0.717) is 28.4 Å². The number of hydrogen-bond donors (Lipinski definition) is 0. The van der Waals surface area contributed by atoms with E-state index in [9.17, 15) is 0 Å². The summed E-state index contributed by atoms with van der Waals surface area (Å²) in [6, 6.07) is 11.5. The highest BCUT2D eigenvalue weighted by molar-refractivity contribution is 7.98. The van der Waals surface area contributed by atoms with Gasteiger partial charge in [0.25, 0.3) is 0 Å². The van der Waals surface area contributed by atoms with Crippen LogP contribution in [-0.2, 0) is 5.75 Å². The van der Waals surface area contributed by atoms with Crippen LogP contribution in [0.1, 0.15) is 11.5 Å². The maximum Gasteiger partial charge on any atom is 0.238 e. The Labute approximate surface area is 140 Å². The van der Waals surface area contributed by atoms with E-state index in [0.717, 1.165) is 11.3 Å². The molecule has 0 amide bonds. The van der Waals surface area contributed by atoms with Crippen molar-refractivity contribution in [2.75, 3.05) is 0 Å². The molecule has 0 bridgehead atoms. The Balaban J connectivity index is 1.50. The Kier molecular flexibility index (Phi) is 3.83. The number of furan rings is 1. The summed E-state index contributed by atoms with van der Waals surface area (Å²) in [4.78, 5) is 4.30. The molecule has 1 aromatic carbocycles. The first-order chi connectivity index (χ1) is 11.8. The molecule has 4 rings (SSSR count). The number of aromatic nitrogens is 6. The lowest BCUT2D eigenvalue weighted by Crippen LogP contribution is -1.99. The second kappa shape index (κ2) is 6.28. The molecule has 0 N–H and O–H groups in total. The first kappa shape index (κ1) is 14.6. The molecule has 8 nitrogen and oxygen atoms in total. The van der Waals surface area contributed by atoms with E-state index in [4.69, 9.17) is 8.94 Å². The zero-order valence-electron chi connectivity index (χ0n) is 12.7. The monoisotopic (exact) mass is 340 g/mol. The molecule has 3 heterocycles. The fraction of sp³-hybridized carbons (Fsp3) is 0.133. The highest BCUT2D eigenvalue weighted by atomic mass is 32.2. The van der Waals surface area contributed by atoms with Gasteiger partial charge in [0.05, 0.1) is 17.7 Å². The quantitative estimate of drug-likeness (QED) is 0.512. The Morgan fingerprint density at radius 2 is 2.17 bits per heavy atom. The predicted molar refractivity (Wildman–Crippen MR) is 85.5 cm³/mol. The van der Waals surface area contributed by atoms with Crippen LogP contribution in [0, 0.1) is 6.92 Å². The summed E-state index contributed by atoms with van der Waals surface area (Å²) in [5, 5.41) is 16.4. The summed E-state index contributed by atoms with van der Waals surface area (Å²) in [6.07, 6.45) is 1.57. The van der Waals surface area contributed by atoms with E-state index in [-0.39, 0.29) is 0 Å². The molecule has 0 aliphatic carbocycles. The van der Waals surface area contributed by atoms with Crippen LogP contribution >= 0.6 is 11.8 Å². The molecular weight excluding hydrogens is 328 g/mol. The maximum atomic E-state index is 5.24. The van der Waals surface area contributed by atoms with Gasteiger partial charge in [0.2, 0.25) is 16.9 Å². The fourth-order valence-corrected chi connectivity index (χ4v) is 2.86. The lowest BCUT2D eigenvalue weighted by Gasteiger charge is -2.03. The number of rotatable bonds is 5. The highest BCUT2D eigenvalue weighted by Crippen LogP contribution is 2.23. The minimum absolute atomic E-state index is 0.425. The average molecular weight is 340 g/mol. The smallest absolute Gasteiger partial charge is 0.238 e. The summed E-state index contributed by atoms with van der Waals surface area (Å²) >= 11 is 1.42. The van der Waals surface area contributed by atoms with E-state index < -0.39 is 0 Å². The normalized spacial score (nSPS) is 11.0. The van der Waals surface area contributed by atoms with Crippen molar-refractivity contribution in [1.29, 1.82) is 0 Å². The summed E-state index contributed by atoms with van der Waals surface area (Å²) in [6.45, 7) is 2.02. The average Bonchev–Trinajstić information content (AvgIpc) is 3.33. The van der Waals surface area contributed by atoms with Crippen molar-refractivity contribution in [2.45, 2.75) is 17.8 Å². The standard InChI is InChI=1S/C15H12N6O2S/c1-10-4-2-5-11(8-10)21-15(17-19-20-21)24-9-13-16-14(18-23-13)12-6-3-7-22-12/h2-8H,9H2,1H3. The van der Waals surface area contributed by atoms with Crippen molar-refractivity contribution >= 4 is 11.8 Å². The molecule has 4 aromatic rings. The molecule has 0 atom stereocenters. The molecule has 0 radical (unpaired) electrons. The minimum atomic E-state index is 0.425. The molecule has 0 aliphatic heterocycles. The van der Waals surface area contributed by atoms with Crippen molar-refractivity contribution in [2.24, 2.45) is 0 Å². The molecule has 0 saturated heterocycles. The molecule has 0 unspecified atom stereocenters. The summed E-state index contributed by atoms with van der Waals surface area (Å²) in [5.41, 5.74) is 2.04. The Morgan fingerprint density at radius 3 is 3.00 bits per heavy atom. The number of nitrogens with zero attached hydrogens (tertiary/aromatic N) is 6. The zero-order chi connectivity index (χ0) is 16.4. The van der Waals surface area contributed by atoms with Gasteiger partial charge in [-0.1, -0.05) is 29.1 Å². The lowest BCUT2D eigenvalue weighted by molar-refractivity contribution is 0.390. The number of tetrazole rings is 1. The van der Waals surface area contributed by atoms with Gasteiger partial charge in [0.15, 0.2) is 5.76 Å². The van der Waals surface area contributed by atoms with Crippen molar-refractivity contribution in [3.8, 4) is 17.3 Å². The third kappa shape index (κ3) is 2.93. The molecule has 9 heteroatoms. The SMILES string of the molecule is Cc1cccc(-n2nnnc2SCc2nc(-c3ccco3)no2)c1. The van der Waals surface area contributed by atoms with E-state index in [2.05, 4.69) is 25.7 Å². The van der Waals surface area contributed by atoms with Crippen LogP contribution in [0.4, 0.5) is 0 Å². The largest absolute Gasteiger partial charge is 0.461 e. The van der Waals surface area contributed by atoms with Crippen LogP contribution in [0.2, 0.25) is 0 Å². The van der Waals surface area contributed by atoms with Gasteiger partial charge in [-0.3, -0.25) is 0 Å². The number of thioether (sulfide) groups is 1. The van der Waals surface area contributed by atoms with Gasteiger partial charge in [-0.15, -0.1) is 5.10 Å².